The fourth-order valence-corrected chi connectivity index (χ4v) is 2.77. The zero-order valence-electron chi connectivity index (χ0n) is 19.0. The molecular formula is C24H31N3O5. The van der Waals surface area contributed by atoms with E-state index in [1.165, 1.54) is 0 Å². The summed E-state index contributed by atoms with van der Waals surface area (Å²) in [6.07, 6.45) is 0.378. The monoisotopic (exact) mass is 441 g/mol. The summed E-state index contributed by atoms with van der Waals surface area (Å²) in [5.41, 5.74) is 1.44. The van der Waals surface area contributed by atoms with E-state index >= 15 is 0 Å². The summed E-state index contributed by atoms with van der Waals surface area (Å²) in [5.74, 6) is 0.319. The van der Waals surface area contributed by atoms with Crippen LogP contribution in [0.3, 0.4) is 0 Å². The van der Waals surface area contributed by atoms with Crippen LogP contribution in [0.4, 0.5) is 16.2 Å². The number of benzene rings is 2. The van der Waals surface area contributed by atoms with Crippen LogP contribution in [0.5, 0.6) is 5.75 Å². The summed E-state index contributed by atoms with van der Waals surface area (Å²) < 4.78 is 10.3. The first kappa shape index (κ1) is 24.7. The Bertz CT molecular complexity index is 920. The summed E-state index contributed by atoms with van der Waals surface area (Å²) in [6, 6.07) is 14.5. The molecule has 0 unspecified atom stereocenters. The quantitative estimate of drug-likeness (QED) is 0.543. The molecule has 0 spiro atoms. The number of nitrogens with one attached hydrogen (secondary N) is 3. The standard InChI is InChI=1S/C24H31N3O5/c1-24(2,3)32-23(30)25-16-15-22(29)27-20-8-6-5-7-19(20)26-21(28)14-11-17-9-12-18(31-4)13-10-17/h5-10,12-13H,11,14-16H2,1-4H3,(H,25,30)(H,26,28)(H,27,29). The smallest absolute Gasteiger partial charge is 0.407 e. The number of carbonyl (C=O) groups is 3. The van der Waals surface area contributed by atoms with Crippen molar-refractivity contribution in [2.24, 2.45) is 0 Å². The van der Waals surface area contributed by atoms with E-state index in [-0.39, 0.29) is 24.8 Å². The minimum Gasteiger partial charge on any atom is -0.497 e. The molecule has 0 saturated carbocycles. The van der Waals surface area contributed by atoms with E-state index in [9.17, 15) is 14.4 Å². The highest BCUT2D eigenvalue weighted by Crippen LogP contribution is 2.22. The molecule has 0 heterocycles. The van der Waals surface area contributed by atoms with Crippen molar-refractivity contribution < 1.29 is 23.9 Å². The van der Waals surface area contributed by atoms with Gasteiger partial charge in [-0.2, -0.15) is 0 Å². The number of anilines is 2. The SMILES string of the molecule is COc1ccc(CCC(=O)Nc2ccccc2NC(=O)CCNC(=O)OC(C)(C)C)cc1. The summed E-state index contributed by atoms with van der Waals surface area (Å²) in [6.45, 7) is 5.43. The lowest BCUT2D eigenvalue weighted by molar-refractivity contribution is -0.117. The van der Waals surface area contributed by atoms with Gasteiger partial charge < -0.3 is 25.4 Å². The van der Waals surface area contributed by atoms with Crippen molar-refractivity contribution in [2.45, 2.75) is 45.6 Å². The fourth-order valence-electron chi connectivity index (χ4n) is 2.77. The first-order valence-electron chi connectivity index (χ1n) is 10.4. The normalized spacial score (nSPS) is 10.8. The summed E-state index contributed by atoms with van der Waals surface area (Å²) in [4.78, 5) is 36.3. The Hall–Kier alpha value is -3.55. The molecule has 8 nitrogen and oxygen atoms in total. The maximum atomic E-state index is 12.4. The molecule has 2 aromatic carbocycles. The van der Waals surface area contributed by atoms with E-state index in [4.69, 9.17) is 9.47 Å². The average molecular weight is 442 g/mol. The Labute approximate surface area is 188 Å². The number of carbonyl (C=O) groups excluding carboxylic acids is 3. The molecule has 0 bridgehead atoms. The maximum Gasteiger partial charge on any atom is 0.407 e. The van der Waals surface area contributed by atoms with Crippen molar-refractivity contribution in [2.75, 3.05) is 24.3 Å². The van der Waals surface area contributed by atoms with Crippen molar-refractivity contribution in [3.05, 3.63) is 54.1 Å². The molecule has 0 radical (unpaired) electrons. The molecule has 32 heavy (non-hydrogen) atoms. The second kappa shape index (κ2) is 11.7. The molecule has 0 saturated heterocycles. The van der Waals surface area contributed by atoms with Gasteiger partial charge in [0.2, 0.25) is 11.8 Å². The lowest BCUT2D eigenvalue weighted by Gasteiger charge is -2.19. The van der Waals surface area contributed by atoms with Crippen LogP contribution in [0.1, 0.15) is 39.2 Å². The van der Waals surface area contributed by atoms with Gasteiger partial charge in [0.25, 0.3) is 0 Å². The van der Waals surface area contributed by atoms with Crippen LogP contribution in [-0.4, -0.2) is 37.2 Å². The number of hydrogen-bond acceptors (Lipinski definition) is 5. The molecule has 0 atom stereocenters. The van der Waals surface area contributed by atoms with Gasteiger partial charge in [-0.1, -0.05) is 24.3 Å². The highest BCUT2D eigenvalue weighted by molar-refractivity contribution is 5.99. The van der Waals surface area contributed by atoms with Gasteiger partial charge in [-0.3, -0.25) is 9.59 Å². The third kappa shape index (κ3) is 9.07. The number of alkyl carbamates (subject to hydrolysis) is 1. The predicted molar refractivity (Wildman–Crippen MR) is 124 cm³/mol. The molecule has 3 N–H and O–H groups in total. The second-order valence-corrected chi connectivity index (χ2v) is 8.17. The van der Waals surface area contributed by atoms with E-state index in [2.05, 4.69) is 16.0 Å². The van der Waals surface area contributed by atoms with Crippen molar-refractivity contribution in [1.29, 1.82) is 0 Å². The Balaban J connectivity index is 1.82. The number of methoxy groups -OCH3 is 1. The third-order valence-electron chi connectivity index (χ3n) is 4.30. The largest absolute Gasteiger partial charge is 0.497 e. The van der Waals surface area contributed by atoms with Gasteiger partial charge >= 0.3 is 6.09 Å². The highest BCUT2D eigenvalue weighted by atomic mass is 16.6. The zero-order chi connectivity index (χ0) is 23.6. The molecular weight excluding hydrogens is 410 g/mol. The molecule has 8 heteroatoms. The van der Waals surface area contributed by atoms with Gasteiger partial charge in [0.15, 0.2) is 0 Å². The van der Waals surface area contributed by atoms with Crippen LogP contribution in [-0.2, 0) is 20.7 Å². The van der Waals surface area contributed by atoms with Crippen LogP contribution in [0.2, 0.25) is 0 Å². The molecule has 0 aliphatic carbocycles. The first-order valence-corrected chi connectivity index (χ1v) is 10.4. The van der Waals surface area contributed by atoms with Crippen molar-refractivity contribution in [1.82, 2.24) is 5.32 Å². The van der Waals surface area contributed by atoms with Crippen molar-refractivity contribution in [3.8, 4) is 5.75 Å². The first-order chi connectivity index (χ1) is 15.2. The molecule has 0 aromatic heterocycles. The summed E-state index contributed by atoms with van der Waals surface area (Å²) >= 11 is 0. The Morgan fingerprint density at radius 2 is 1.41 bits per heavy atom. The van der Waals surface area contributed by atoms with Gasteiger partial charge in [0.1, 0.15) is 11.4 Å². The summed E-state index contributed by atoms with van der Waals surface area (Å²) in [5, 5.41) is 8.15. The van der Waals surface area contributed by atoms with Crippen LogP contribution >= 0.6 is 0 Å². The molecule has 172 valence electrons. The number of hydrogen-bond donors (Lipinski definition) is 3. The fraction of sp³-hybridized carbons (Fsp3) is 0.375. The molecule has 2 rings (SSSR count). The van der Waals surface area contributed by atoms with Crippen molar-refractivity contribution >= 4 is 29.3 Å². The van der Waals surface area contributed by atoms with Crippen LogP contribution < -0.4 is 20.7 Å². The topological polar surface area (TPSA) is 106 Å². The Kier molecular flexibility index (Phi) is 9.07. The molecule has 3 amide bonds. The van der Waals surface area contributed by atoms with Gasteiger partial charge in [0.05, 0.1) is 18.5 Å². The summed E-state index contributed by atoms with van der Waals surface area (Å²) in [7, 11) is 1.61. The van der Waals surface area contributed by atoms with Gasteiger partial charge in [-0.05, 0) is 57.0 Å². The lowest BCUT2D eigenvalue weighted by Crippen LogP contribution is -2.34. The lowest BCUT2D eigenvalue weighted by atomic mass is 10.1. The van der Waals surface area contributed by atoms with E-state index in [0.29, 0.717) is 24.2 Å². The zero-order valence-corrected chi connectivity index (χ0v) is 19.0. The van der Waals surface area contributed by atoms with E-state index < -0.39 is 11.7 Å². The van der Waals surface area contributed by atoms with E-state index in [1.807, 2.05) is 24.3 Å². The minimum atomic E-state index is -0.600. The van der Waals surface area contributed by atoms with Gasteiger partial charge in [0, 0.05) is 19.4 Å². The average Bonchev–Trinajstić information content (AvgIpc) is 2.72. The van der Waals surface area contributed by atoms with E-state index in [1.54, 1.807) is 52.1 Å². The Morgan fingerprint density at radius 3 is 1.94 bits per heavy atom. The molecule has 0 aliphatic heterocycles. The van der Waals surface area contributed by atoms with Crippen LogP contribution in [0, 0.1) is 0 Å². The number of rotatable bonds is 9. The molecule has 0 fully saturated rings. The van der Waals surface area contributed by atoms with Crippen molar-refractivity contribution in [3.63, 3.8) is 0 Å². The number of aryl methyl sites for hydroxylation is 1. The van der Waals surface area contributed by atoms with Gasteiger partial charge in [-0.25, -0.2) is 4.79 Å². The van der Waals surface area contributed by atoms with E-state index in [0.717, 1.165) is 11.3 Å². The van der Waals surface area contributed by atoms with Crippen LogP contribution in [0.15, 0.2) is 48.5 Å². The number of ether oxygens (including phenoxy) is 2. The highest BCUT2D eigenvalue weighted by Gasteiger charge is 2.16. The molecule has 0 aliphatic rings. The van der Waals surface area contributed by atoms with Gasteiger partial charge in [-0.15, -0.1) is 0 Å². The Morgan fingerprint density at radius 1 is 0.844 bits per heavy atom. The maximum absolute atomic E-state index is 12.4. The minimum absolute atomic E-state index is 0.0684. The number of amides is 3. The number of para-hydroxylation sites is 2. The second-order valence-electron chi connectivity index (χ2n) is 8.17. The predicted octanol–water partition coefficient (Wildman–Crippen LogP) is 4.12. The van der Waals surface area contributed by atoms with Crippen LogP contribution in [0.25, 0.3) is 0 Å². The third-order valence-corrected chi connectivity index (χ3v) is 4.30. The molecule has 2 aromatic rings.